The van der Waals surface area contributed by atoms with Crippen molar-refractivity contribution in [3.05, 3.63) is 24.2 Å². The van der Waals surface area contributed by atoms with Crippen LogP contribution in [0.1, 0.15) is 26.0 Å². The molecule has 0 radical (unpaired) electrons. The molecule has 0 saturated carbocycles. The lowest BCUT2D eigenvalue weighted by atomic mass is 10.1. The number of hydrogen-bond acceptors (Lipinski definition) is 3. The minimum absolute atomic E-state index is 0.168. The molecule has 1 aromatic rings. The molecule has 0 saturated heterocycles. The summed E-state index contributed by atoms with van der Waals surface area (Å²) in [5.41, 5.74) is 0. The summed E-state index contributed by atoms with van der Waals surface area (Å²) in [7, 11) is 0. The molecular weight excluding hydrogens is 178 g/mol. The zero-order valence-electron chi connectivity index (χ0n) is 8.86. The SMILES string of the molecule is CC(CO)NC(C)CCc1ccco1. The summed E-state index contributed by atoms with van der Waals surface area (Å²) >= 11 is 0. The molecule has 0 aliphatic carbocycles. The van der Waals surface area contributed by atoms with Crippen LogP contribution in [-0.2, 0) is 6.42 Å². The number of furan rings is 1. The summed E-state index contributed by atoms with van der Waals surface area (Å²) < 4.78 is 5.24. The van der Waals surface area contributed by atoms with Crippen LogP contribution in [0.3, 0.4) is 0 Å². The average Bonchev–Trinajstić information content (AvgIpc) is 2.67. The van der Waals surface area contributed by atoms with Crippen molar-refractivity contribution in [1.82, 2.24) is 5.32 Å². The summed E-state index contributed by atoms with van der Waals surface area (Å²) in [5.74, 6) is 1.02. The maximum absolute atomic E-state index is 8.85. The molecule has 0 bridgehead atoms. The first-order valence-electron chi connectivity index (χ1n) is 5.11. The van der Waals surface area contributed by atoms with Crippen LogP contribution < -0.4 is 5.32 Å². The highest BCUT2D eigenvalue weighted by Crippen LogP contribution is 2.05. The maximum atomic E-state index is 8.85. The molecule has 1 rings (SSSR count). The van der Waals surface area contributed by atoms with Gasteiger partial charge in [-0.15, -0.1) is 0 Å². The molecule has 0 spiro atoms. The van der Waals surface area contributed by atoms with E-state index in [4.69, 9.17) is 9.52 Å². The van der Waals surface area contributed by atoms with Crippen molar-refractivity contribution in [3.63, 3.8) is 0 Å². The minimum atomic E-state index is 0.168. The van der Waals surface area contributed by atoms with E-state index in [9.17, 15) is 0 Å². The number of nitrogens with one attached hydrogen (secondary N) is 1. The Balaban J connectivity index is 2.18. The van der Waals surface area contributed by atoms with Crippen LogP contribution >= 0.6 is 0 Å². The molecule has 0 fully saturated rings. The molecule has 1 aromatic heterocycles. The third-order valence-electron chi connectivity index (χ3n) is 2.25. The van der Waals surface area contributed by atoms with E-state index in [0.717, 1.165) is 18.6 Å². The Kier molecular flexibility index (Phi) is 4.70. The average molecular weight is 197 g/mol. The van der Waals surface area contributed by atoms with Gasteiger partial charge in [0.25, 0.3) is 0 Å². The summed E-state index contributed by atoms with van der Waals surface area (Å²) in [6.07, 6.45) is 3.67. The van der Waals surface area contributed by atoms with E-state index < -0.39 is 0 Å². The second kappa shape index (κ2) is 5.83. The Hall–Kier alpha value is -0.800. The number of aliphatic hydroxyl groups is 1. The van der Waals surface area contributed by atoms with E-state index in [2.05, 4.69) is 12.2 Å². The van der Waals surface area contributed by atoms with Crippen molar-refractivity contribution in [2.75, 3.05) is 6.61 Å². The molecule has 14 heavy (non-hydrogen) atoms. The van der Waals surface area contributed by atoms with Gasteiger partial charge in [-0.3, -0.25) is 0 Å². The first-order valence-corrected chi connectivity index (χ1v) is 5.11. The van der Waals surface area contributed by atoms with E-state index in [0.29, 0.717) is 6.04 Å². The van der Waals surface area contributed by atoms with E-state index in [1.807, 2.05) is 19.1 Å². The molecule has 3 heteroatoms. The summed E-state index contributed by atoms with van der Waals surface area (Å²) in [5, 5.41) is 12.2. The first-order chi connectivity index (χ1) is 6.72. The largest absolute Gasteiger partial charge is 0.469 e. The van der Waals surface area contributed by atoms with Gasteiger partial charge in [0.15, 0.2) is 0 Å². The second-order valence-corrected chi connectivity index (χ2v) is 3.77. The van der Waals surface area contributed by atoms with Gasteiger partial charge in [0.2, 0.25) is 0 Å². The molecule has 2 N–H and O–H groups in total. The molecule has 0 amide bonds. The molecule has 1 heterocycles. The van der Waals surface area contributed by atoms with Gasteiger partial charge in [0, 0.05) is 18.5 Å². The van der Waals surface area contributed by atoms with Crippen molar-refractivity contribution < 1.29 is 9.52 Å². The summed E-state index contributed by atoms with van der Waals surface area (Å²) in [6.45, 7) is 4.28. The Labute approximate surface area is 85.1 Å². The quantitative estimate of drug-likeness (QED) is 0.727. The van der Waals surface area contributed by atoms with Crippen LogP contribution in [-0.4, -0.2) is 23.8 Å². The number of hydrogen-bond donors (Lipinski definition) is 2. The third kappa shape index (κ3) is 3.94. The van der Waals surface area contributed by atoms with Crippen molar-refractivity contribution in [2.24, 2.45) is 0 Å². The monoisotopic (exact) mass is 197 g/mol. The molecule has 2 atom stereocenters. The topological polar surface area (TPSA) is 45.4 Å². The fourth-order valence-corrected chi connectivity index (χ4v) is 1.44. The van der Waals surface area contributed by atoms with Crippen LogP contribution in [0, 0.1) is 0 Å². The van der Waals surface area contributed by atoms with Crippen LogP contribution in [0.15, 0.2) is 22.8 Å². The molecular formula is C11H19NO2. The Morgan fingerprint density at radius 2 is 2.21 bits per heavy atom. The highest BCUT2D eigenvalue weighted by molar-refractivity contribution is 4.98. The van der Waals surface area contributed by atoms with Gasteiger partial charge in [-0.1, -0.05) is 0 Å². The molecule has 0 aliphatic rings. The molecule has 0 aromatic carbocycles. The Bertz CT molecular complexity index is 233. The van der Waals surface area contributed by atoms with Crippen molar-refractivity contribution in [1.29, 1.82) is 0 Å². The zero-order chi connectivity index (χ0) is 10.4. The smallest absolute Gasteiger partial charge is 0.103 e. The second-order valence-electron chi connectivity index (χ2n) is 3.77. The predicted octanol–water partition coefficient (Wildman–Crippen LogP) is 1.57. The van der Waals surface area contributed by atoms with E-state index >= 15 is 0 Å². The van der Waals surface area contributed by atoms with E-state index in [1.165, 1.54) is 0 Å². The Morgan fingerprint density at radius 3 is 2.79 bits per heavy atom. The van der Waals surface area contributed by atoms with Crippen LogP contribution in [0.5, 0.6) is 0 Å². The molecule has 0 aliphatic heterocycles. The summed E-state index contributed by atoms with van der Waals surface area (Å²) in [6, 6.07) is 4.47. The maximum Gasteiger partial charge on any atom is 0.103 e. The van der Waals surface area contributed by atoms with Gasteiger partial charge in [-0.2, -0.15) is 0 Å². The Morgan fingerprint density at radius 1 is 1.43 bits per heavy atom. The van der Waals surface area contributed by atoms with Gasteiger partial charge in [0.05, 0.1) is 12.9 Å². The predicted molar refractivity (Wildman–Crippen MR) is 56.2 cm³/mol. The molecule has 2 unspecified atom stereocenters. The van der Waals surface area contributed by atoms with Crippen molar-refractivity contribution >= 4 is 0 Å². The van der Waals surface area contributed by atoms with E-state index in [1.54, 1.807) is 6.26 Å². The number of aryl methyl sites for hydroxylation is 1. The van der Waals surface area contributed by atoms with Crippen LogP contribution in [0.2, 0.25) is 0 Å². The van der Waals surface area contributed by atoms with Crippen LogP contribution in [0.4, 0.5) is 0 Å². The number of rotatable bonds is 6. The minimum Gasteiger partial charge on any atom is -0.469 e. The van der Waals surface area contributed by atoms with Crippen molar-refractivity contribution in [3.8, 4) is 0 Å². The zero-order valence-corrected chi connectivity index (χ0v) is 8.86. The normalized spacial score (nSPS) is 15.4. The third-order valence-corrected chi connectivity index (χ3v) is 2.25. The van der Waals surface area contributed by atoms with Crippen molar-refractivity contribution in [2.45, 2.75) is 38.8 Å². The molecule has 80 valence electrons. The highest BCUT2D eigenvalue weighted by Gasteiger charge is 2.06. The van der Waals surface area contributed by atoms with Crippen LogP contribution in [0.25, 0.3) is 0 Å². The van der Waals surface area contributed by atoms with Gasteiger partial charge < -0.3 is 14.8 Å². The summed E-state index contributed by atoms with van der Waals surface area (Å²) in [4.78, 5) is 0. The number of aliphatic hydroxyl groups excluding tert-OH is 1. The molecule has 3 nitrogen and oxygen atoms in total. The van der Waals surface area contributed by atoms with Gasteiger partial charge in [-0.25, -0.2) is 0 Å². The lowest BCUT2D eigenvalue weighted by molar-refractivity contribution is 0.240. The van der Waals surface area contributed by atoms with E-state index in [-0.39, 0.29) is 12.6 Å². The highest BCUT2D eigenvalue weighted by atomic mass is 16.3. The fourth-order valence-electron chi connectivity index (χ4n) is 1.44. The first kappa shape index (κ1) is 11.3. The lowest BCUT2D eigenvalue weighted by Crippen LogP contribution is -2.36. The standard InChI is InChI=1S/C11H19NO2/c1-9(12-10(2)8-13)5-6-11-4-3-7-14-11/h3-4,7,9-10,12-13H,5-6,8H2,1-2H3. The lowest BCUT2D eigenvalue weighted by Gasteiger charge is -2.17. The van der Waals surface area contributed by atoms with Gasteiger partial charge in [0.1, 0.15) is 5.76 Å². The fraction of sp³-hybridized carbons (Fsp3) is 0.636. The van der Waals surface area contributed by atoms with Gasteiger partial charge >= 0.3 is 0 Å². The van der Waals surface area contributed by atoms with Gasteiger partial charge in [-0.05, 0) is 32.4 Å².